The van der Waals surface area contributed by atoms with Crippen LogP contribution in [-0.4, -0.2) is 18.7 Å². The molecular weight excluding hydrogens is 266 g/mol. The van der Waals surface area contributed by atoms with Crippen molar-refractivity contribution in [2.24, 2.45) is 0 Å². The monoisotopic (exact) mass is 293 g/mol. The summed E-state index contributed by atoms with van der Waals surface area (Å²) in [5.74, 6) is 0.694. The number of aryl methyl sites for hydroxylation is 1. The number of anilines is 1. The standard InChI is InChI=1S/C17H27NO3/c1-6-8-15(17(19)20-7-2)21-16-9-12(5)14(18)10-13(16)11(3)4/h9-11,15H,6-8,18H2,1-5H3. The van der Waals surface area contributed by atoms with Crippen LogP contribution in [0.3, 0.4) is 0 Å². The lowest BCUT2D eigenvalue weighted by Crippen LogP contribution is -2.29. The summed E-state index contributed by atoms with van der Waals surface area (Å²) < 4.78 is 11.1. The fraction of sp³-hybridized carbons (Fsp3) is 0.588. The van der Waals surface area contributed by atoms with E-state index in [0.717, 1.165) is 29.0 Å². The van der Waals surface area contributed by atoms with Gasteiger partial charge in [-0.15, -0.1) is 0 Å². The first-order chi connectivity index (χ1) is 9.90. The van der Waals surface area contributed by atoms with Gasteiger partial charge in [0, 0.05) is 5.69 Å². The van der Waals surface area contributed by atoms with Crippen molar-refractivity contribution >= 4 is 11.7 Å². The van der Waals surface area contributed by atoms with Gasteiger partial charge in [-0.1, -0.05) is 27.2 Å². The molecule has 0 saturated heterocycles. The smallest absolute Gasteiger partial charge is 0.347 e. The van der Waals surface area contributed by atoms with Crippen molar-refractivity contribution in [2.75, 3.05) is 12.3 Å². The molecule has 0 spiro atoms. The van der Waals surface area contributed by atoms with Crippen LogP contribution in [0.4, 0.5) is 5.69 Å². The van der Waals surface area contributed by atoms with Crippen LogP contribution in [0.5, 0.6) is 5.75 Å². The van der Waals surface area contributed by atoms with Gasteiger partial charge >= 0.3 is 5.97 Å². The Morgan fingerprint density at radius 2 is 1.95 bits per heavy atom. The number of rotatable bonds is 7. The van der Waals surface area contributed by atoms with Crippen LogP contribution in [0.25, 0.3) is 0 Å². The number of esters is 1. The zero-order valence-electron chi connectivity index (χ0n) is 13.7. The highest BCUT2D eigenvalue weighted by atomic mass is 16.6. The zero-order valence-corrected chi connectivity index (χ0v) is 13.7. The molecule has 1 aromatic carbocycles. The molecule has 0 heterocycles. The van der Waals surface area contributed by atoms with Gasteiger partial charge in [-0.3, -0.25) is 0 Å². The van der Waals surface area contributed by atoms with Gasteiger partial charge < -0.3 is 15.2 Å². The second-order valence-electron chi connectivity index (χ2n) is 5.55. The highest BCUT2D eigenvalue weighted by molar-refractivity contribution is 5.75. The predicted molar refractivity (Wildman–Crippen MR) is 85.6 cm³/mol. The van der Waals surface area contributed by atoms with Crippen molar-refractivity contribution in [3.63, 3.8) is 0 Å². The Labute approximate surface area is 127 Å². The topological polar surface area (TPSA) is 61.5 Å². The summed E-state index contributed by atoms with van der Waals surface area (Å²) in [6.07, 6.45) is 0.935. The highest BCUT2D eigenvalue weighted by Crippen LogP contribution is 2.32. The molecule has 21 heavy (non-hydrogen) atoms. The lowest BCUT2D eigenvalue weighted by molar-refractivity contribution is -0.151. The number of ether oxygens (including phenoxy) is 2. The Morgan fingerprint density at radius 3 is 2.48 bits per heavy atom. The Hall–Kier alpha value is -1.71. The van der Waals surface area contributed by atoms with Crippen molar-refractivity contribution in [3.8, 4) is 5.75 Å². The molecular formula is C17H27NO3. The van der Waals surface area contributed by atoms with E-state index in [2.05, 4.69) is 13.8 Å². The second kappa shape index (κ2) is 7.91. The molecule has 4 nitrogen and oxygen atoms in total. The lowest BCUT2D eigenvalue weighted by atomic mass is 9.99. The molecule has 1 aromatic rings. The normalized spacial score (nSPS) is 12.3. The van der Waals surface area contributed by atoms with E-state index >= 15 is 0 Å². The van der Waals surface area contributed by atoms with Gasteiger partial charge in [0.1, 0.15) is 5.75 Å². The summed E-state index contributed by atoms with van der Waals surface area (Å²) >= 11 is 0. The number of nitrogens with two attached hydrogens (primary N) is 1. The molecule has 2 N–H and O–H groups in total. The molecule has 1 unspecified atom stereocenters. The molecule has 0 aliphatic heterocycles. The van der Waals surface area contributed by atoms with Gasteiger partial charge in [-0.2, -0.15) is 0 Å². The average molecular weight is 293 g/mol. The van der Waals surface area contributed by atoms with E-state index in [9.17, 15) is 4.79 Å². The first kappa shape index (κ1) is 17.3. The average Bonchev–Trinajstić information content (AvgIpc) is 2.42. The third-order valence-corrected chi connectivity index (χ3v) is 3.39. The molecule has 1 atom stereocenters. The molecule has 0 aliphatic carbocycles. The Bertz CT molecular complexity index is 483. The van der Waals surface area contributed by atoms with E-state index < -0.39 is 6.10 Å². The van der Waals surface area contributed by atoms with E-state index in [4.69, 9.17) is 15.2 Å². The molecule has 0 radical (unpaired) electrons. The number of benzene rings is 1. The fourth-order valence-electron chi connectivity index (χ4n) is 2.14. The van der Waals surface area contributed by atoms with Crippen LogP contribution >= 0.6 is 0 Å². The predicted octanol–water partition coefficient (Wildman–Crippen LogP) is 3.81. The number of carbonyl (C=O) groups excluding carboxylic acids is 1. The number of hydrogen-bond acceptors (Lipinski definition) is 4. The van der Waals surface area contributed by atoms with E-state index in [-0.39, 0.29) is 11.9 Å². The largest absolute Gasteiger partial charge is 0.478 e. The van der Waals surface area contributed by atoms with E-state index in [1.165, 1.54) is 0 Å². The first-order valence-corrected chi connectivity index (χ1v) is 7.63. The maximum atomic E-state index is 12.0. The Morgan fingerprint density at radius 1 is 1.29 bits per heavy atom. The number of nitrogen functional groups attached to an aromatic ring is 1. The number of carbonyl (C=O) groups is 1. The van der Waals surface area contributed by atoms with Gasteiger partial charge in [0.25, 0.3) is 0 Å². The summed E-state index contributed by atoms with van der Waals surface area (Å²) in [5, 5.41) is 0. The molecule has 0 saturated carbocycles. The van der Waals surface area contributed by atoms with Crippen molar-refractivity contribution in [2.45, 2.75) is 59.5 Å². The van der Waals surface area contributed by atoms with Gasteiger partial charge in [0.05, 0.1) is 6.61 Å². The SMILES string of the molecule is CCCC(Oc1cc(C)c(N)cc1C(C)C)C(=O)OCC. The van der Waals surface area contributed by atoms with Crippen molar-refractivity contribution in [3.05, 3.63) is 23.3 Å². The lowest BCUT2D eigenvalue weighted by Gasteiger charge is -2.21. The summed E-state index contributed by atoms with van der Waals surface area (Å²) in [7, 11) is 0. The van der Waals surface area contributed by atoms with Crippen LogP contribution < -0.4 is 10.5 Å². The number of hydrogen-bond donors (Lipinski definition) is 1. The second-order valence-corrected chi connectivity index (χ2v) is 5.55. The molecule has 0 aromatic heterocycles. The van der Waals surface area contributed by atoms with Crippen molar-refractivity contribution in [1.29, 1.82) is 0 Å². The van der Waals surface area contributed by atoms with Crippen LogP contribution in [0.1, 0.15) is 57.6 Å². The summed E-state index contributed by atoms with van der Waals surface area (Å²) in [4.78, 5) is 12.0. The van der Waals surface area contributed by atoms with Crippen molar-refractivity contribution < 1.29 is 14.3 Å². The maximum Gasteiger partial charge on any atom is 0.347 e. The first-order valence-electron chi connectivity index (χ1n) is 7.63. The van der Waals surface area contributed by atoms with Crippen LogP contribution in [0.2, 0.25) is 0 Å². The van der Waals surface area contributed by atoms with E-state index in [0.29, 0.717) is 13.0 Å². The molecule has 0 aliphatic rings. The summed E-state index contributed by atoms with van der Waals surface area (Å²) in [6, 6.07) is 3.84. The van der Waals surface area contributed by atoms with E-state index in [1.807, 2.05) is 26.0 Å². The third-order valence-electron chi connectivity index (χ3n) is 3.39. The van der Waals surface area contributed by atoms with Gasteiger partial charge in [-0.25, -0.2) is 4.79 Å². The zero-order chi connectivity index (χ0) is 16.0. The van der Waals surface area contributed by atoms with Gasteiger partial charge in [0.2, 0.25) is 0 Å². The van der Waals surface area contributed by atoms with Crippen molar-refractivity contribution in [1.82, 2.24) is 0 Å². The minimum absolute atomic E-state index is 0.271. The quantitative estimate of drug-likeness (QED) is 0.613. The highest BCUT2D eigenvalue weighted by Gasteiger charge is 2.23. The van der Waals surface area contributed by atoms with Crippen LogP contribution in [-0.2, 0) is 9.53 Å². The van der Waals surface area contributed by atoms with E-state index in [1.54, 1.807) is 6.92 Å². The summed E-state index contributed by atoms with van der Waals surface area (Å²) in [5.41, 5.74) is 8.69. The summed E-state index contributed by atoms with van der Waals surface area (Å²) in [6.45, 7) is 10.3. The molecule has 1 rings (SSSR count). The molecule has 0 fully saturated rings. The van der Waals surface area contributed by atoms with Gasteiger partial charge in [-0.05, 0) is 49.4 Å². The Kier molecular flexibility index (Phi) is 6.53. The van der Waals surface area contributed by atoms with Gasteiger partial charge in [0.15, 0.2) is 6.10 Å². The molecule has 0 bridgehead atoms. The molecule has 4 heteroatoms. The van der Waals surface area contributed by atoms with Crippen LogP contribution in [0.15, 0.2) is 12.1 Å². The van der Waals surface area contributed by atoms with Crippen LogP contribution in [0, 0.1) is 6.92 Å². The minimum Gasteiger partial charge on any atom is -0.478 e. The molecule has 0 amide bonds. The molecule has 118 valence electrons. The Balaban J connectivity index is 3.07. The maximum absolute atomic E-state index is 12.0. The fourth-order valence-corrected chi connectivity index (χ4v) is 2.14. The third kappa shape index (κ3) is 4.66. The minimum atomic E-state index is -0.560.